The number of carbonyl (C=O) groups excluding carboxylic acids is 1. The van der Waals surface area contributed by atoms with Crippen molar-refractivity contribution in [2.75, 3.05) is 31.4 Å². The number of rotatable bonds is 6. The zero-order valence-electron chi connectivity index (χ0n) is 12.1. The van der Waals surface area contributed by atoms with Crippen molar-refractivity contribution in [2.24, 2.45) is 0 Å². The van der Waals surface area contributed by atoms with E-state index < -0.39 is 0 Å². The highest BCUT2D eigenvalue weighted by Crippen LogP contribution is 2.16. The van der Waals surface area contributed by atoms with E-state index in [0.29, 0.717) is 12.4 Å². The molecule has 6 heteroatoms. The zero-order valence-corrected chi connectivity index (χ0v) is 12.1. The van der Waals surface area contributed by atoms with E-state index in [0.717, 1.165) is 17.7 Å². The molecule has 0 saturated heterocycles. The van der Waals surface area contributed by atoms with Gasteiger partial charge in [0.15, 0.2) is 0 Å². The molecule has 2 N–H and O–H groups in total. The quantitative estimate of drug-likeness (QED) is 0.849. The Morgan fingerprint density at radius 1 is 1.24 bits per heavy atom. The minimum absolute atomic E-state index is 0.274. The fourth-order valence-electron chi connectivity index (χ4n) is 1.83. The molecule has 1 amide bonds. The minimum atomic E-state index is -0.282. The lowest BCUT2D eigenvalue weighted by molar-refractivity contribution is 0.102. The van der Waals surface area contributed by atoms with Gasteiger partial charge in [-0.05, 0) is 18.1 Å². The van der Waals surface area contributed by atoms with Gasteiger partial charge in [-0.2, -0.15) is 0 Å². The van der Waals surface area contributed by atoms with Gasteiger partial charge in [-0.3, -0.25) is 4.79 Å². The first kappa shape index (κ1) is 14.9. The Balaban J connectivity index is 2.11. The van der Waals surface area contributed by atoms with E-state index in [9.17, 15) is 4.79 Å². The van der Waals surface area contributed by atoms with Crippen LogP contribution in [0.5, 0.6) is 0 Å². The van der Waals surface area contributed by atoms with Crippen molar-refractivity contribution in [3.05, 3.63) is 47.9 Å². The van der Waals surface area contributed by atoms with Crippen LogP contribution in [0.25, 0.3) is 0 Å². The average Bonchev–Trinajstić information content (AvgIpc) is 2.54. The average molecular weight is 286 g/mol. The van der Waals surface area contributed by atoms with Crippen LogP contribution in [-0.2, 0) is 11.2 Å². The van der Waals surface area contributed by atoms with E-state index in [1.54, 1.807) is 14.2 Å². The second-order valence-electron chi connectivity index (χ2n) is 4.39. The van der Waals surface area contributed by atoms with Gasteiger partial charge in [0.05, 0.1) is 19.0 Å². The number of anilines is 2. The molecule has 110 valence electrons. The third-order valence-electron chi connectivity index (χ3n) is 2.98. The molecular formula is C15H18N4O2. The van der Waals surface area contributed by atoms with E-state index in [1.165, 1.54) is 12.4 Å². The number of carbonyl (C=O) groups is 1. The van der Waals surface area contributed by atoms with Crippen LogP contribution >= 0.6 is 0 Å². The highest BCUT2D eigenvalue weighted by atomic mass is 16.5. The number of amides is 1. The molecule has 6 nitrogen and oxygen atoms in total. The molecule has 1 heterocycles. The second-order valence-corrected chi connectivity index (χ2v) is 4.39. The van der Waals surface area contributed by atoms with Crippen LogP contribution < -0.4 is 10.6 Å². The fourth-order valence-corrected chi connectivity index (χ4v) is 1.83. The molecule has 1 aromatic heterocycles. The van der Waals surface area contributed by atoms with Crippen molar-refractivity contribution < 1.29 is 9.53 Å². The van der Waals surface area contributed by atoms with Crippen molar-refractivity contribution in [3.8, 4) is 0 Å². The van der Waals surface area contributed by atoms with E-state index >= 15 is 0 Å². The molecule has 21 heavy (non-hydrogen) atoms. The van der Waals surface area contributed by atoms with Crippen LogP contribution in [0, 0.1) is 0 Å². The number of ether oxygens (including phenoxy) is 1. The van der Waals surface area contributed by atoms with Gasteiger partial charge in [0.2, 0.25) is 0 Å². The number of hydrogen-bond donors (Lipinski definition) is 2. The zero-order chi connectivity index (χ0) is 15.1. The summed E-state index contributed by atoms with van der Waals surface area (Å²) in [5, 5.41) is 5.71. The summed E-state index contributed by atoms with van der Waals surface area (Å²) in [7, 11) is 3.40. The first-order chi connectivity index (χ1) is 10.2. The predicted octanol–water partition coefficient (Wildman–Crippen LogP) is 1.96. The number of methoxy groups -OCH3 is 1. The second kappa shape index (κ2) is 7.35. The maximum absolute atomic E-state index is 12.2. The first-order valence-corrected chi connectivity index (χ1v) is 6.62. The summed E-state index contributed by atoms with van der Waals surface area (Å²) in [4.78, 5) is 20.3. The molecule has 2 rings (SSSR count). The molecule has 0 saturated carbocycles. The fraction of sp³-hybridized carbons (Fsp3) is 0.267. The Hall–Kier alpha value is -2.47. The van der Waals surface area contributed by atoms with Crippen LogP contribution in [0.15, 0.2) is 36.7 Å². The van der Waals surface area contributed by atoms with Crippen LogP contribution in [-0.4, -0.2) is 36.6 Å². The third-order valence-corrected chi connectivity index (χ3v) is 2.98. The van der Waals surface area contributed by atoms with E-state index in [2.05, 4.69) is 20.6 Å². The Bertz CT molecular complexity index is 599. The summed E-state index contributed by atoms with van der Waals surface area (Å²) in [6.45, 7) is 0.601. The summed E-state index contributed by atoms with van der Waals surface area (Å²) >= 11 is 0. The van der Waals surface area contributed by atoms with Crippen LogP contribution in [0.2, 0.25) is 0 Å². The summed E-state index contributed by atoms with van der Waals surface area (Å²) in [5.41, 5.74) is 2.06. The van der Waals surface area contributed by atoms with E-state index in [-0.39, 0.29) is 11.6 Å². The molecule has 0 aliphatic rings. The van der Waals surface area contributed by atoms with Crippen molar-refractivity contribution in [2.45, 2.75) is 6.42 Å². The predicted molar refractivity (Wildman–Crippen MR) is 81.6 cm³/mol. The van der Waals surface area contributed by atoms with Gasteiger partial charge >= 0.3 is 0 Å². The highest BCUT2D eigenvalue weighted by Gasteiger charge is 2.10. The SMILES string of the molecule is CNc1cnc(C(=O)Nc2ccccc2CCOC)cn1. The first-order valence-electron chi connectivity index (χ1n) is 6.62. The molecule has 0 aliphatic heterocycles. The third kappa shape index (κ3) is 4.00. The lowest BCUT2D eigenvalue weighted by Gasteiger charge is -2.10. The Morgan fingerprint density at radius 3 is 2.71 bits per heavy atom. The van der Waals surface area contributed by atoms with Gasteiger partial charge in [-0.1, -0.05) is 18.2 Å². The molecule has 0 aliphatic carbocycles. The highest BCUT2D eigenvalue weighted by molar-refractivity contribution is 6.03. The largest absolute Gasteiger partial charge is 0.384 e. The van der Waals surface area contributed by atoms with Crippen LogP contribution in [0.3, 0.4) is 0 Å². The monoisotopic (exact) mass is 286 g/mol. The van der Waals surface area contributed by atoms with E-state index in [1.807, 2.05) is 24.3 Å². The number of benzene rings is 1. The van der Waals surface area contributed by atoms with Crippen molar-refractivity contribution in [1.29, 1.82) is 0 Å². The summed E-state index contributed by atoms with van der Waals surface area (Å²) in [5.74, 6) is 0.335. The molecule has 0 fully saturated rings. The molecule has 0 bridgehead atoms. The maximum Gasteiger partial charge on any atom is 0.275 e. The molecule has 2 aromatic rings. The van der Waals surface area contributed by atoms with Crippen LogP contribution in [0.4, 0.5) is 11.5 Å². The summed E-state index contributed by atoms with van der Waals surface area (Å²) < 4.78 is 5.07. The molecule has 0 unspecified atom stereocenters. The summed E-state index contributed by atoms with van der Waals surface area (Å²) in [6, 6.07) is 7.63. The normalized spacial score (nSPS) is 10.2. The lowest BCUT2D eigenvalue weighted by Crippen LogP contribution is -2.15. The smallest absolute Gasteiger partial charge is 0.275 e. The van der Waals surface area contributed by atoms with Crippen molar-refractivity contribution >= 4 is 17.4 Å². The molecule has 0 spiro atoms. The summed E-state index contributed by atoms with van der Waals surface area (Å²) in [6.07, 6.45) is 3.70. The topological polar surface area (TPSA) is 76.1 Å². The molecule has 0 radical (unpaired) electrons. The van der Waals surface area contributed by atoms with Gasteiger partial charge in [-0.15, -0.1) is 0 Å². The number of nitrogens with one attached hydrogen (secondary N) is 2. The number of aromatic nitrogens is 2. The van der Waals surface area contributed by atoms with E-state index in [4.69, 9.17) is 4.74 Å². The Labute approximate surface area is 123 Å². The van der Waals surface area contributed by atoms with Crippen LogP contribution in [0.1, 0.15) is 16.1 Å². The van der Waals surface area contributed by atoms with Crippen molar-refractivity contribution in [3.63, 3.8) is 0 Å². The molecule has 1 aromatic carbocycles. The van der Waals surface area contributed by atoms with Gasteiger partial charge in [0.25, 0.3) is 5.91 Å². The Kier molecular flexibility index (Phi) is 5.22. The number of para-hydroxylation sites is 1. The number of nitrogens with zero attached hydrogens (tertiary/aromatic N) is 2. The molecule has 0 atom stereocenters. The standard InChI is InChI=1S/C15H18N4O2/c1-16-14-10-17-13(9-18-14)15(20)19-12-6-4-3-5-11(12)7-8-21-2/h3-6,9-10H,7-8H2,1-2H3,(H,16,18)(H,19,20). The van der Waals surface area contributed by atoms with Crippen molar-refractivity contribution in [1.82, 2.24) is 9.97 Å². The number of hydrogen-bond acceptors (Lipinski definition) is 5. The van der Waals surface area contributed by atoms with Gasteiger partial charge in [-0.25, -0.2) is 9.97 Å². The molecular weight excluding hydrogens is 268 g/mol. The maximum atomic E-state index is 12.2. The Morgan fingerprint density at radius 2 is 2.05 bits per heavy atom. The minimum Gasteiger partial charge on any atom is -0.384 e. The lowest BCUT2D eigenvalue weighted by atomic mass is 10.1. The van der Waals surface area contributed by atoms with Gasteiger partial charge in [0.1, 0.15) is 11.5 Å². The van der Waals surface area contributed by atoms with Gasteiger partial charge < -0.3 is 15.4 Å². The van der Waals surface area contributed by atoms with Gasteiger partial charge in [0, 0.05) is 19.8 Å².